The van der Waals surface area contributed by atoms with Crippen molar-refractivity contribution in [3.05, 3.63) is 54.1 Å². The van der Waals surface area contributed by atoms with Crippen LogP contribution < -0.4 is 19.7 Å². The van der Waals surface area contributed by atoms with Crippen LogP contribution >= 0.6 is 0 Å². The summed E-state index contributed by atoms with van der Waals surface area (Å²) in [4.78, 5) is 26.7. The molecule has 204 valence electrons. The predicted molar refractivity (Wildman–Crippen MR) is 136 cm³/mol. The maximum Gasteiger partial charge on any atom is 0.407 e. The maximum absolute atomic E-state index is 12.9. The zero-order valence-corrected chi connectivity index (χ0v) is 21.6. The van der Waals surface area contributed by atoms with Gasteiger partial charge in [-0.2, -0.15) is 4.72 Å². The average Bonchev–Trinajstić information content (AvgIpc) is 2.92. The number of hydroxylamine groups is 1. The van der Waals surface area contributed by atoms with E-state index in [2.05, 4.69) is 21.5 Å². The van der Waals surface area contributed by atoms with Crippen LogP contribution in [0.1, 0.15) is 18.5 Å². The van der Waals surface area contributed by atoms with Gasteiger partial charge in [-0.1, -0.05) is 18.1 Å². The molecule has 0 saturated carbocycles. The van der Waals surface area contributed by atoms with E-state index in [9.17, 15) is 23.2 Å². The lowest BCUT2D eigenvalue weighted by atomic mass is 10.1. The Balaban J connectivity index is 1.59. The Morgan fingerprint density at radius 3 is 2.18 bits per heavy atom. The molecule has 0 spiro atoms. The second kappa shape index (κ2) is 13.6. The second-order valence-corrected chi connectivity index (χ2v) is 9.96. The number of hydrogen-bond acceptors (Lipinski definition) is 8. The van der Waals surface area contributed by atoms with E-state index in [1.807, 2.05) is 0 Å². The molecule has 1 fully saturated rings. The molecule has 1 aliphatic heterocycles. The average molecular weight is 547 g/mol. The number of benzene rings is 2. The van der Waals surface area contributed by atoms with Crippen molar-refractivity contribution in [1.82, 2.24) is 20.0 Å². The number of piperazine rings is 1. The molecule has 0 aliphatic carbocycles. The van der Waals surface area contributed by atoms with E-state index in [0.29, 0.717) is 50.8 Å². The summed E-state index contributed by atoms with van der Waals surface area (Å²) >= 11 is 0. The third-order valence-electron chi connectivity index (χ3n) is 5.80. The molecule has 13 heteroatoms. The summed E-state index contributed by atoms with van der Waals surface area (Å²) in [6.45, 7) is 4.96. The molecule has 12 nitrogen and oxygen atoms in total. The van der Waals surface area contributed by atoms with Gasteiger partial charge in [0.2, 0.25) is 10.0 Å². The van der Waals surface area contributed by atoms with Crippen molar-refractivity contribution >= 4 is 22.0 Å². The van der Waals surface area contributed by atoms with Gasteiger partial charge in [0.15, 0.2) is 0 Å². The summed E-state index contributed by atoms with van der Waals surface area (Å²) in [7, 11) is -4.13. The zero-order chi connectivity index (χ0) is 27.5. The van der Waals surface area contributed by atoms with Crippen LogP contribution in [-0.2, 0) is 14.8 Å². The molecule has 2 aromatic carbocycles. The monoisotopic (exact) mass is 546 g/mol. The molecule has 1 heterocycles. The third kappa shape index (κ3) is 8.09. The highest BCUT2D eigenvalue weighted by atomic mass is 32.2. The largest absolute Gasteiger partial charge is 0.492 e. The first-order valence-electron chi connectivity index (χ1n) is 11.7. The summed E-state index contributed by atoms with van der Waals surface area (Å²) in [6, 6.07) is 10.5. The van der Waals surface area contributed by atoms with Gasteiger partial charge in [0.1, 0.15) is 30.8 Å². The molecule has 0 radical (unpaired) electrons. The van der Waals surface area contributed by atoms with Crippen LogP contribution in [0.15, 0.2) is 53.4 Å². The van der Waals surface area contributed by atoms with E-state index in [-0.39, 0.29) is 17.1 Å². The van der Waals surface area contributed by atoms with Gasteiger partial charge in [0.25, 0.3) is 5.91 Å². The smallest absolute Gasteiger partial charge is 0.407 e. The van der Waals surface area contributed by atoms with Crippen molar-refractivity contribution in [1.29, 1.82) is 0 Å². The fourth-order valence-corrected chi connectivity index (χ4v) is 4.86. The second-order valence-electron chi connectivity index (χ2n) is 8.25. The fraction of sp³-hybridized carbons (Fsp3) is 0.360. The fourth-order valence-electron chi connectivity index (χ4n) is 3.68. The van der Waals surface area contributed by atoms with E-state index in [4.69, 9.17) is 14.6 Å². The van der Waals surface area contributed by atoms with E-state index < -0.39 is 28.1 Å². The predicted octanol–water partition coefficient (Wildman–Crippen LogP) is 1.29. The van der Waals surface area contributed by atoms with Crippen molar-refractivity contribution in [2.24, 2.45) is 0 Å². The number of carbonyl (C=O) groups is 2. The number of carbonyl (C=O) groups excluding carboxylic acids is 1. The first-order chi connectivity index (χ1) is 18.2. The number of nitrogens with one attached hydrogen (secondary N) is 2. The van der Waals surface area contributed by atoms with Gasteiger partial charge in [-0.05, 0) is 48.9 Å². The van der Waals surface area contributed by atoms with Gasteiger partial charge in [0.05, 0.1) is 4.90 Å². The Morgan fingerprint density at radius 1 is 1.00 bits per heavy atom. The number of carboxylic acid groups (broad SMARTS) is 1. The molecule has 1 saturated heterocycles. The molecule has 0 aromatic heterocycles. The van der Waals surface area contributed by atoms with Crippen LogP contribution in [-0.4, -0.2) is 86.5 Å². The Morgan fingerprint density at radius 2 is 1.61 bits per heavy atom. The zero-order valence-electron chi connectivity index (χ0n) is 20.8. The molecular formula is C25H30N4O8S. The van der Waals surface area contributed by atoms with Crippen LogP contribution in [0, 0.1) is 11.8 Å². The number of sulfonamides is 1. The van der Waals surface area contributed by atoms with Crippen molar-refractivity contribution in [2.45, 2.75) is 17.9 Å². The standard InChI is InChI=1S/C25H30N4O8S/c1-2-3-17-36-21-8-10-22(11-9-21)38(34,35)27-23(24(30)26-33)19-4-6-20(7-5-19)37-18-16-28-12-14-29(15-13-28)25(31)32/h4-11,23,27,33H,12-18H2,1H3,(H,26,30)(H,31,32). The lowest BCUT2D eigenvalue weighted by Gasteiger charge is -2.32. The van der Waals surface area contributed by atoms with Crippen molar-refractivity contribution < 1.29 is 37.8 Å². The van der Waals surface area contributed by atoms with Crippen LogP contribution in [0.2, 0.25) is 0 Å². The SMILES string of the molecule is CC#CCOc1ccc(S(=O)(=O)NC(C(=O)NO)c2ccc(OCCN3CCN(C(=O)O)CC3)cc2)cc1. The third-order valence-corrected chi connectivity index (χ3v) is 7.24. The van der Waals surface area contributed by atoms with Gasteiger partial charge in [-0.15, -0.1) is 5.92 Å². The number of nitrogens with zero attached hydrogens (tertiary/aromatic N) is 2. The van der Waals surface area contributed by atoms with Crippen molar-refractivity contribution in [2.75, 3.05) is 45.9 Å². The molecule has 2 aromatic rings. The molecule has 38 heavy (non-hydrogen) atoms. The minimum Gasteiger partial charge on any atom is -0.492 e. The summed E-state index contributed by atoms with van der Waals surface area (Å²) < 4.78 is 39.3. The Labute approximate surface area is 221 Å². The Kier molecular flexibility index (Phi) is 10.3. The highest BCUT2D eigenvalue weighted by Gasteiger charge is 2.27. The highest BCUT2D eigenvalue weighted by molar-refractivity contribution is 7.89. The van der Waals surface area contributed by atoms with E-state index in [1.54, 1.807) is 19.1 Å². The van der Waals surface area contributed by atoms with Gasteiger partial charge in [-0.3, -0.25) is 14.9 Å². The maximum atomic E-state index is 12.9. The molecule has 0 bridgehead atoms. The quantitative estimate of drug-likeness (QED) is 0.185. The Hall–Kier alpha value is -3.83. The topological polar surface area (TPSA) is 158 Å². The summed E-state index contributed by atoms with van der Waals surface area (Å²) in [5.74, 6) is 5.42. The lowest BCUT2D eigenvalue weighted by Crippen LogP contribution is -2.49. The van der Waals surface area contributed by atoms with Crippen molar-refractivity contribution in [3.63, 3.8) is 0 Å². The summed E-state index contributed by atoms with van der Waals surface area (Å²) in [5.41, 5.74) is 1.78. The first-order valence-corrected chi connectivity index (χ1v) is 13.2. The molecular weight excluding hydrogens is 516 g/mol. The molecule has 1 unspecified atom stereocenters. The van der Waals surface area contributed by atoms with Crippen LogP contribution in [0.3, 0.4) is 0 Å². The number of rotatable bonds is 11. The molecule has 3 rings (SSSR count). The van der Waals surface area contributed by atoms with Gasteiger partial charge in [0, 0.05) is 32.7 Å². The van der Waals surface area contributed by atoms with Crippen LogP contribution in [0.4, 0.5) is 4.79 Å². The molecule has 2 amide bonds. The van der Waals surface area contributed by atoms with Crippen LogP contribution in [0.5, 0.6) is 11.5 Å². The Bertz CT molecular complexity index is 1250. The summed E-state index contributed by atoms with van der Waals surface area (Å²) in [5, 5.41) is 18.2. The minimum atomic E-state index is -4.13. The summed E-state index contributed by atoms with van der Waals surface area (Å²) in [6.07, 6.45) is -0.919. The normalized spacial score (nSPS) is 14.6. The van der Waals surface area contributed by atoms with E-state index in [0.717, 1.165) is 0 Å². The highest BCUT2D eigenvalue weighted by Crippen LogP contribution is 2.22. The number of hydrogen-bond donors (Lipinski definition) is 4. The van der Waals surface area contributed by atoms with Crippen LogP contribution in [0.25, 0.3) is 0 Å². The van der Waals surface area contributed by atoms with Gasteiger partial charge < -0.3 is 19.5 Å². The van der Waals surface area contributed by atoms with E-state index in [1.165, 1.54) is 46.8 Å². The molecule has 4 N–H and O–H groups in total. The molecule has 1 atom stereocenters. The van der Waals surface area contributed by atoms with Crippen molar-refractivity contribution in [3.8, 4) is 23.3 Å². The van der Waals surface area contributed by atoms with Gasteiger partial charge >= 0.3 is 6.09 Å². The number of ether oxygens (including phenoxy) is 2. The van der Waals surface area contributed by atoms with Gasteiger partial charge in [-0.25, -0.2) is 18.7 Å². The lowest BCUT2D eigenvalue weighted by molar-refractivity contribution is -0.131. The number of amides is 2. The molecule has 1 aliphatic rings. The van der Waals surface area contributed by atoms with E-state index >= 15 is 0 Å². The first kappa shape index (κ1) is 28.7. The minimum absolute atomic E-state index is 0.0914.